The van der Waals surface area contributed by atoms with Gasteiger partial charge in [-0.1, -0.05) is 29.8 Å². The Labute approximate surface area is 154 Å². The number of hydrogen-bond donors (Lipinski definition) is 0. The maximum atomic E-state index is 4.16. The minimum Gasteiger partial charge on any atom is -0.265 e. The van der Waals surface area contributed by atoms with Crippen molar-refractivity contribution in [3.63, 3.8) is 0 Å². The maximum Gasteiger partial charge on any atom is 0.220 e. The van der Waals surface area contributed by atoms with Crippen molar-refractivity contribution >= 4 is 10.8 Å². The maximum absolute atomic E-state index is 4.16. The molecule has 0 spiro atoms. The molecule has 2 nitrogen and oxygen atoms in total. The summed E-state index contributed by atoms with van der Waals surface area (Å²) in [6.07, 6.45) is 5.95. The van der Waals surface area contributed by atoms with Gasteiger partial charge >= 0.3 is 0 Å². The van der Waals surface area contributed by atoms with E-state index in [1.807, 2.05) is 12.4 Å². The van der Waals surface area contributed by atoms with Crippen LogP contribution in [0.4, 0.5) is 0 Å². The average Bonchev–Trinajstić information content (AvgIpc) is 2.65. The highest BCUT2D eigenvalue weighted by atomic mass is 14.9. The van der Waals surface area contributed by atoms with E-state index in [4.69, 9.17) is 0 Å². The molecule has 128 valence electrons. The van der Waals surface area contributed by atoms with Gasteiger partial charge in [-0.2, -0.15) is 4.57 Å². The van der Waals surface area contributed by atoms with Gasteiger partial charge in [0.2, 0.25) is 5.69 Å². The Hall–Kier alpha value is -3.00. The minimum atomic E-state index is 1.19. The zero-order valence-electron chi connectivity index (χ0n) is 15.7. The fourth-order valence-electron chi connectivity index (χ4n) is 3.82. The van der Waals surface area contributed by atoms with Crippen LogP contribution in [-0.2, 0) is 7.05 Å². The van der Waals surface area contributed by atoms with Crippen LogP contribution < -0.4 is 4.57 Å². The number of aryl methyl sites for hydroxylation is 3. The van der Waals surface area contributed by atoms with Crippen molar-refractivity contribution in [1.82, 2.24) is 4.98 Å². The fourth-order valence-corrected chi connectivity index (χ4v) is 3.82. The van der Waals surface area contributed by atoms with E-state index in [2.05, 4.69) is 92.1 Å². The van der Waals surface area contributed by atoms with E-state index < -0.39 is 0 Å². The van der Waals surface area contributed by atoms with Crippen LogP contribution in [0, 0.1) is 20.8 Å². The first-order valence-corrected chi connectivity index (χ1v) is 8.96. The van der Waals surface area contributed by atoms with Gasteiger partial charge in [-0.05, 0) is 61.7 Å². The molecule has 2 aromatic heterocycles. The molecule has 0 N–H and O–H groups in total. The summed E-state index contributed by atoms with van der Waals surface area (Å²) in [7, 11) is 2.14. The predicted molar refractivity (Wildman–Crippen MR) is 108 cm³/mol. The second-order valence-corrected chi connectivity index (χ2v) is 7.04. The predicted octanol–water partition coefficient (Wildman–Crippen LogP) is 5.32. The molecule has 0 aliphatic rings. The molecule has 26 heavy (non-hydrogen) atoms. The van der Waals surface area contributed by atoms with E-state index in [1.165, 1.54) is 49.8 Å². The largest absolute Gasteiger partial charge is 0.265 e. The Balaban J connectivity index is 2.10. The number of fused-ring (bicyclic) bond motifs is 1. The highest BCUT2D eigenvalue weighted by Gasteiger charge is 2.21. The summed E-state index contributed by atoms with van der Waals surface area (Å²) in [5, 5.41) is 2.54. The van der Waals surface area contributed by atoms with Crippen molar-refractivity contribution in [2.75, 3.05) is 0 Å². The molecule has 4 aromatic rings. The van der Waals surface area contributed by atoms with Gasteiger partial charge in [0.15, 0.2) is 6.20 Å². The molecule has 0 aliphatic carbocycles. The van der Waals surface area contributed by atoms with Crippen molar-refractivity contribution in [3.8, 4) is 22.4 Å². The van der Waals surface area contributed by atoms with Gasteiger partial charge in [-0.25, -0.2) is 0 Å². The lowest BCUT2D eigenvalue weighted by Crippen LogP contribution is -2.31. The molecule has 4 rings (SSSR count). The molecule has 0 saturated heterocycles. The normalized spacial score (nSPS) is 11.1. The lowest BCUT2D eigenvalue weighted by atomic mass is 9.92. The second kappa shape index (κ2) is 6.38. The van der Waals surface area contributed by atoms with Crippen LogP contribution in [0.1, 0.15) is 16.7 Å². The van der Waals surface area contributed by atoms with Crippen molar-refractivity contribution in [1.29, 1.82) is 0 Å². The van der Waals surface area contributed by atoms with Gasteiger partial charge in [0.1, 0.15) is 7.05 Å². The van der Waals surface area contributed by atoms with Crippen LogP contribution in [0.3, 0.4) is 0 Å². The van der Waals surface area contributed by atoms with Crippen LogP contribution in [-0.4, -0.2) is 4.98 Å². The molecule has 2 heterocycles. The summed E-state index contributed by atoms with van der Waals surface area (Å²) in [5.41, 5.74) is 8.97. The molecule has 0 saturated carbocycles. The van der Waals surface area contributed by atoms with Gasteiger partial charge in [-0.3, -0.25) is 4.98 Å². The molecular weight excluding hydrogens is 316 g/mol. The summed E-state index contributed by atoms with van der Waals surface area (Å²) < 4.78 is 2.26. The molecule has 2 aromatic carbocycles. The lowest BCUT2D eigenvalue weighted by molar-refractivity contribution is -0.658. The Morgan fingerprint density at radius 1 is 0.808 bits per heavy atom. The van der Waals surface area contributed by atoms with Gasteiger partial charge in [0.25, 0.3) is 0 Å². The average molecular weight is 339 g/mol. The van der Waals surface area contributed by atoms with Gasteiger partial charge < -0.3 is 0 Å². The molecule has 0 fully saturated rings. The number of hydrogen-bond acceptors (Lipinski definition) is 1. The Morgan fingerprint density at radius 2 is 1.50 bits per heavy atom. The monoisotopic (exact) mass is 339 g/mol. The molecular formula is C24H23N2+. The second-order valence-electron chi connectivity index (χ2n) is 7.04. The minimum absolute atomic E-state index is 1.19. The summed E-state index contributed by atoms with van der Waals surface area (Å²) >= 11 is 0. The molecule has 0 atom stereocenters. The van der Waals surface area contributed by atoms with Crippen LogP contribution in [0.25, 0.3) is 33.2 Å². The van der Waals surface area contributed by atoms with E-state index in [0.29, 0.717) is 0 Å². The number of pyridine rings is 2. The van der Waals surface area contributed by atoms with Crippen molar-refractivity contribution in [2.45, 2.75) is 20.8 Å². The topological polar surface area (TPSA) is 16.8 Å². The van der Waals surface area contributed by atoms with E-state index in [9.17, 15) is 0 Å². The van der Waals surface area contributed by atoms with E-state index in [-0.39, 0.29) is 0 Å². The van der Waals surface area contributed by atoms with E-state index in [0.717, 1.165) is 0 Å². The van der Waals surface area contributed by atoms with Crippen LogP contribution in [0.2, 0.25) is 0 Å². The van der Waals surface area contributed by atoms with Gasteiger partial charge in [-0.15, -0.1) is 0 Å². The van der Waals surface area contributed by atoms with E-state index >= 15 is 0 Å². The van der Waals surface area contributed by atoms with Gasteiger partial charge in [0, 0.05) is 17.8 Å². The molecule has 0 radical (unpaired) electrons. The first-order valence-electron chi connectivity index (χ1n) is 8.96. The molecule has 2 heteroatoms. The van der Waals surface area contributed by atoms with Crippen molar-refractivity contribution in [2.24, 2.45) is 7.05 Å². The third kappa shape index (κ3) is 2.68. The molecule has 0 amide bonds. The zero-order chi connectivity index (χ0) is 18.3. The van der Waals surface area contributed by atoms with Crippen LogP contribution in [0.15, 0.2) is 67.1 Å². The van der Waals surface area contributed by atoms with Crippen LogP contribution in [0.5, 0.6) is 0 Å². The summed E-state index contributed by atoms with van der Waals surface area (Å²) in [5.74, 6) is 0. The standard InChI is InChI=1S/C24H23N2/c1-16-13-17(2)18(3)22(14-16)24-21-8-6-5-7-20(21)23(15-26(24)4)19-9-11-25-12-10-19/h5-15H,1-4H3/q+1. The first-order chi connectivity index (χ1) is 12.6. The number of rotatable bonds is 2. The quantitative estimate of drug-likeness (QED) is 0.452. The lowest BCUT2D eigenvalue weighted by Gasteiger charge is -2.13. The number of aromatic nitrogens is 2. The first kappa shape index (κ1) is 16.5. The highest BCUT2D eigenvalue weighted by molar-refractivity contribution is 6.02. The van der Waals surface area contributed by atoms with Crippen molar-refractivity contribution in [3.05, 3.63) is 83.8 Å². The SMILES string of the molecule is Cc1cc(C)c(C)c(-c2c3ccccc3c(-c3ccncc3)c[n+]2C)c1. The Kier molecular flexibility index (Phi) is 4.04. The number of nitrogens with zero attached hydrogens (tertiary/aromatic N) is 2. The molecule has 0 bridgehead atoms. The van der Waals surface area contributed by atoms with E-state index in [1.54, 1.807) is 0 Å². The summed E-state index contributed by atoms with van der Waals surface area (Å²) in [4.78, 5) is 4.16. The molecule has 0 aliphatic heterocycles. The van der Waals surface area contributed by atoms with Crippen LogP contribution >= 0.6 is 0 Å². The summed E-state index contributed by atoms with van der Waals surface area (Å²) in [6, 6.07) is 17.4. The zero-order valence-corrected chi connectivity index (χ0v) is 15.7. The highest BCUT2D eigenvalue weighted by Crippen LogP contribution is 2.34. The van der Waals surface area contributed by atoms with Gasteiger partial charge in [0.05, 0.1) is 16.5 Å². The third-order valence-electron chi connectivity index (χ3n) is 5.21. The Morgan fingerprint density at radius 3 is 2.23 bits per heavy atom. The fraction of sp³-hybridized carbons (Fsp3) is 0.167. The van der Waals surface area contributed by atoms with Crippen molar-refractivity contribution < 1.29 is 4.57 Å². The number of benzene rings is 2. The summed E-state index contributed by atoms with van der Waals surface area (Å²) in [6.45, 7) is 6.58. The third-order valence-corrected chi connectivity index (χ3v) is 5.21. The molecule has 0 unspecified atom stereocenters. The Bertz CT molecular complexity index is 1110. The smallest absolute Gasteiger partial charge is 0.220 e.